The van der Waals surface area contributed by atoms with Crippen molar-refractivity contribution in [1.82, 2.24) is 0 Å². The fraction of sp³-hybridized carbons (Fsp3) is 0.429. The molecule has 0 bridgehead atoms. The van der Waals surface area contributed by atoms with Gasteiger partial charge in [-0.1, -0.05) is 32.1 Å². The van der Waals surface area contributed by atoms with Crippen molar-refractivity contribution in [1.29, 1.82) is 10.5 Å². The molecule has 0 aliphatic heterocycles. The summed E-state index contributed by atoms with van der Waals surface area (Å²) in [7, 11) is 0. The summed E-state index contributed by atoms with van der Waals surface area (Å²) in [4.78, 5) is 0. The van der Waals surface area contributed by atoms with E-state index in [0.29, 0.717) is 0 Å². The van der Waals surface area contributed by atoms with E-state index in [0.717, 1.165) is 18.4 Å². The Bertz CT molecular complexity index is 432. The van der Waals surface area contributed by atoms with Crippen LogP contribution in [0, 0.1) is 28.1 Å². The summed E-state index contributed by atoms with van der Waals surface area (Å²) >= 11 is 0. The van der Waals surface area contributed by atoms with Crippen LogP contribution in [-0.4, -0.2) is 0 Å². The van der Waals surface area contributed by atoms with E-state index in [-0.39, 0.29) is 11.0 Å². The van der Waals surface area contributed by atoms with Crippen molar-refractivity contribution in [2.75, 3.05) is 0 Å². The molecule has 1 aliphatic carbocycles. The zero-order chi connectivity index (χ0) is 12.2. The van der Waals surface area contributed by atoms with Gasteiger partial charge in [0.2, 0.25) is 0 Å². The summed E-state index contributed by atoms with van der Waals surface area (Å²) in [6.45, 7) is 6.30. The molecule has 0 spiro atoms. The van der Waals surface area contributed by atoms with Crippen molar-refractivity contribution in [3.8, 4) is 12.1 Å². The number of hydrogen-bond donors (Lipinski definition) is 0. The minimum absolute atomic E-state index is 0.123. The number of nitriles is 2. The first-order valence-electron chi connectivity index (χ1n) is 5.39. The van der Waals surface area contributed by atoms with E-state index in [1.54, 1.807) is 0 Å². The molecule has 0 unspecified atom stereocenters. The maximum atomic E-state index is 8.89. The van der Waals surface area contributed by atoms with Gasteiger partial charge in [-0.25, -0.2) is 0 Å². The second-order valence-corrected chi connectivity index (χ2v) is 4.86. The van der Waals surface area contributed by atoms with Crippen LogP contribution in [0.3, 0.4) is 0 Å². The van der Waals surface area contributed by atoms with Gasteiger partial charge in [0.05, 0.1) is 0 Å². The lowest BCUT2D eigenvalue weighted by Crippen LogP contribution is -2.17. The third kappa shape index (κ3) is 2.84. The Balaban J connectivity index is 3.24. The molecule has 0 amide bonds. The van der Waals surface area contributed by atoms with Crippen molar-refractivity contribution >= 4 is 0 Å². The lowest BCUT2D eigenvalue weighted by atomic mass is 9.74. The molecular weight excluding hydrogens is 196 g/mol. The summed E-state index contributed by atoms with van der Waals surface area (Å²) in [5.41, 5.74) is 2.43. The van der Waals surface area contributed by atoms with E-state index in [2.05, 4.69) is 13.8 Å². The van der Waals surface area contributed by atoms with Crippen molar-refractivity contribution in [2.24, 2.45) is 5.41 Å². The third-order valence-electron chi connectivity index (χ3n) is 2.64. The zero-order valence-electron chi connectivity index (χ0n) is 10.0. The predicted octanol–water partition coefficient (Wildman–Crippen LogP) is 3.65. The Hall–Kier alpha value is -1.80. The normalized spacial score (nSPS) is 18.8. The molecule has 0 saturated carbocycles. The van der Waals surface area contributed by atoms with E-state index in [1.807, 2.05) is 37.3 Å². The van der Waals surface area contributed by atoms with E-state index in [9.17, 15) is 0 Å². The smallest absolute Gasteiger partial charge is 0.132 e. The molecule has 0 heterocycles. The summed E-state index contributed by atoms with van der Waals surface area (Å²) in [6.07, 6.45) is 7.80. The molecule has 0 fully saturated rings. The Morgan fingerprint density at radius 3 is 2.44 bits per heavy atom. The van der Waals surface area contributed by atoms with Crippen LogP contribution in [0.25, 0.3) is 0 Å². The van der Waals surface area contributed by atoms with Crippen LogP contribution >= 0.6 is 0 Å². The van der Waals surface area contributed by atoms with Gasteiger partial charge < -0.3 is 0 Å². The SMILES string of the molecule is C/C=C/C1=CC(=C(C#N)C#N)CC(C)(C)C1. The Morgan fingerprint density at radius 1 is 1.31 bits per heavy atom. The van der Waals surface area contributed by atoms with Crippen LogP contribution in [-0.2, 0) is 0 Å². The topological polar surface area (TPSA) is 47.6 Å². The number of nitrogens with zero attached hydrogens (tertiary/aromatic N) is 2. The molecule has 2 heteroatoms. The fourth-order valence-electron chi connectivity index (χ4n) is 2.11. The molecule has 0 saturated heterocycles. The zero-order valence-corrected chi connectivity index (χ0v) is 10.0. The molecule has 16 heavy (non-hydrogen) atoms. The highest BCUT2D eigenvalue weighted by molar-refractivity contribution is 5.48. The molecule has 0 aromatic rings. The standard InChI is InChI=1S/C14H16N2/c1-4-5-11-6-12(13(9-15)10-16)8-14(2,3)7-11/h4-6H,7-8H2,1-3H3/b5-4+. The summed E-state index contributed by atoms with van der Waals surface area (Å²) < 4.78 is 0. The average Bonchev–Trinajstić information content (AvgIpc) is 2.17. The van der Waals surface area contributed by atoms with Crippen LogP contribution in [0.5, 0.6) is 0 Å². The number of allylic oxidation sites excluding steroid dienone is 6. The second-order valence-electron chi connectivity index (χ2n) is 4.86. The molecule has 0 aromatic heterocycles. The molecule has 0 aromatic carbocycles. The maximum Gasteiger partial charge on any atom is 0.132 e. The van der Waals surface area contributed by atoms with Crippen LogP contribution in [0.15, 0.2) is 34.9 Å². The lowest BCUT2D eigenvalue weighted by Gasteiger charge is -2.30. The van der Waals surface area contributed by atoms with Crippen LogP contribution in [0.4, 0.5) is 0 Å². The van der Waals surface area contributed by atoms with E-state index in [1.165, 1.54) is 5.57 Å². The highest BCUT2D eigenvalue weighted by Gasteiger charge is 2.26. The molecule has 0 N–H and O–H groups in total. The quantitative estimate of drug-likeness (QED) is 0.623. The first-order chi connectivity index (χ1) is 7.52. The highest BCUT2D eigenvalue weighted by Crippen LogP contribution is 2.39. The largest absolute Gasteiger partial charge is 0.192 e. The van der Waals surface area contributed by atoms with Gasteiger partial charge in [-0.2, -0.15) is 10.5 Å². The summed E-state index contributed by atoms with van der Waals surface area (Å²) in [5.74, 6) is 0. The van der Waals surface area contributed by atoms with Gasteiger partial charge in [0.15, 0.2) is 0 Å². The average molecular weight is 212 g/mol. The van der Waals surface area contributed by atoms with E-state index >= 15 is 0 Å². The van der Waals surface area contributed by atoms with Gasteiger partial charge in [0.25, 0.3) is 0 Å². The van der Waals surface area contributed by atoms with Gasteiger partial charge in [-0.05, 0) is 36.3 Å². The van der Waals surface area contributed by atoms with Gasteiger partial charge in [-0.15, -0.1) is 0 Å². The fourth-order valence-corrected chi connectivity index (χ4v) is 2.11. The maximum absolute atomic E-state index is 8.89. The van der Waals surface area contributed by atoms with E-state index in [4.69, 9.17) is 10.5 Å². The lowest BCUT2D eigenvalue weighted by molar-refractivity contribution is 0.354. The van der Waals surface area contributed by atoms with Gasteiger partial charge in [0, 0.05) is 0 Å². The molecule has 0 radical (unpaired) electrons. The molecule has 0 atom stereocenters. The Kier molecular flexibility index (Phi) is 3.69. The third-order valence-corrected chi connectivity index (χ3v) is 2.64. The molecule has 1 rings (SSSR count). The summed E-state index contributed by atoms with van der Waals surface area (Å²) in [5, 5.41) is 17.8. The van der Waals surface area contributed by atoms with Crippen LogP contribution < -0.4 is 0 Å². The first kappa shape index (κ1) is 12.3. The van der Waals surface area contributed by atoms with Crippen molar-refractivity contribution in [3.05, 3.63) is 34.9 Å². The number of hydrogen-bond acceptors (Lipinski definition) is 2. The van der Waals surface area contributed by atoms with Crippen molar-refractivity contribution in [2.45, 2.75) is 33.6 Å². The van der Waals surface area contributed by atoms with Gasteiger partial charge in [-0.3, -0.25) is 0 Å². The van der Waals surface area contributed by atoms with Gasteiger partial charge in [0.1, 0.15) is 17.7 Å². The minimum Gasteiger partial charge on any atom is -0.192 e. The second kappa shape index (κ2) is 4.81. The molecule has 82 valence electrons. The molecule has 2 nitrogen and oxygen atoms in total. The van der Waals surface area contributed by atoms with Crippen LogP contribution in [0.2, 0.25) is 0 Å². The van der Waals surface area contributed by atoms with Crippen LogP contribution in [0.1, 0.15) is 33.6 Å². The Labute approximate surface area is 97.2 Å². The highest BCUT2D eigenvalue weighted by atomic mass is 14.3. The monoisotopic (exact) mass is 212 g/mol. The van der Waals surface area contributed by atoms with Crippen molar-refractivity contribution in [3.63, 3.8) is 0 Å². The number of rotatable bonds is 1. The van der Waals surface area contributed by atoms with Crippen molar-refractivity contribution < 1.29 is 0 Å². The molecule has 1 aliphatic rings. The summed E-state index contributed by atoms with van der Waals surface area (Å²) in [6, 6.07) is 3.94. The van der Waals surface area contributed by atoms with E-state index < -0.39 is 0 Å². The molecular formula is C14H16N2. The Morgan fingerprint density at radius 2 is 1.94 bits per heavy atom. The first-order valence-corrected chi connectivity index (χ1v) is 5.39. The predicted molar refractivity (Wildman–Crippen MR) is 64.2 cm³/mol. The van der Waals surface area contributed by atoms with Gasteiger partial charge >= 0.3 is 0 Å². The minimum atomic E-state index is 0.123.